The predicted molar refractivity (Wildman–Crippen MR) is 78.9 cm³/mol. The largest absolute Gasteiger partial charge is 0.508 e. The Morgan fingerprint density at radius 2 is 1.24 bits per heavy atom. The molecule has 0 radical (unpaired) electrons. The number of alkyl halides is 6. The van der Waals surface area contributed by atoms with E-state index >= 15 is 0 Å². The normalized spacial score (nSPS) is 12.3. The zero-order valence-corrected chi connectivity index (χ0v) is 13.5. The van der Waals surface area contributed by atoms with Crippen molar-refractivity contribution < 1.29 is 36.2 Å². The van der Waals surface area contributed by atoms with Crippen molar-refractivity contribution in [3.63, 3.8) is 0 Å². The lowest BCUT2D eigenvalue weighted by Gasteiger charge is -2.15. The molecule has 2 aromatic carbocycles. The Bertz CT molecular complexity index is 731. The first-order valence-electron chi connectivity index (χ1n) is 6.47. The van der Waals surface area contributed by atoms with Gasteiger partial charge in [0.1, 0.15) is 12.4 Å². The van der Waals surface area contributed by atoms with Gasteiger partial charge in [-0.2, -0.15) is 26.3 Å². The lowest BCUT2D eigenvalue weighted by molar-refractivity contribution is -0.143. The lowest BCUT2D eigenvalue weighted by atomic mass is 10.1. The third-order valence-corrected chi connectivity index (χ3v) is 3.58. The summed E-state index contributed by atoms with van der Waals surface area (Å²) in [6.07, 6.45) is -9.91. The van der Waals surface area contributed by atoms with E-state index < -0.39 is 30.1 Å². The third kappa shape index (κ3) is 4.85. The molecule has 25 heavy (non-hydrogen) atoms. The third-order valence-electron chi connectivity index (χ3n) is 3.01. The van der Waals surface area contributed by atoms with E-state index in [1.165, 1.54) is 0 Å². The number of aromatic hydroxyl groups is 1. The highest BCUT2D eigenvalue weighted by molar-refractivity contribution is 6.37. The number of rotatable bonds is 3. The Kier molecular flexibility index (Phi) is 5.34. The van der Waals surface area contributed by atoms with Crippen molar-refractivity contribution in [3.8, 4) is 11.5 Å². The molecule has 136 valence electrons. The second kappa shape index (κ2) is 6.84. The summed E-state index contributed by atoms with van der Waals surface area (Å²) in [5, 5.41) is 8.99. The van der Waals surface area contributed by atoms with Gasteiger partial charge in [0, 0.05) is 12.1 Å². The molecular formula is C15H8Cl2F6O2. The van der Waals surface area contributed by atoms with Gasteiger partial charge in [-0.15, -0.1) is 0 Å². The number of benzene rings is 2. The molecule has 0 spiro atoms. The summed E-state index contributed by atoms with van der Waals surface area (Å²) in [6.45, 7) is -0.642. The highest BCUT2D eigenvalue weighted by Gasteiger charge is 2.36. The fourth-order valence-corrected chi connectivity index (χ4v) is 2.53. The Labute approximate surface area is 147 Å². The fraction of sp³-hybridized carbons (Fsp3) is 0.200. The summed E-state index contributed by atoms with van der Waals surface area (Å²) >= 11 is 11.6. The standard InChI is InChI=1S/C15H8Cl2F6O2/c16-11-4-10(24)5-12(17)13(11)25-6-7-1-8(14(18,19)20)3-9(2-7)15(21,22)23/h1-5,24H,6H2. The van der Waals surface area contributed by atoms with E-state index in [2.05, 4.69) is 0 Å². The van der Waals surface area contributed by atoms with Crippen LogP contribution in [0.5, 0.6) is 11.5 Å². The maximum Gasteiger partial charge on any atom is 0.416 e. The van der Waals surface area contributed by atoms with Crippen LogP contribution in [0, 0.1) is 0 Å². The highest BCUT2D eigenvalue weighted by atomic mass is 35.5. The van der Waals surface area contributed by atoms with Gasteiger partial charge in [-0.3, -0.25) is 0 Å². The van der Waals surface area contributed by atoms with Crippen molar-refractivity contribution >= 4 is 23.2 Å². The number of phenols is 1. The van der Waals surface area contributed by atoms with Crippen molar-refractivity contribution in [2.75, 3.05) is 0 Å². The molecule has 0 aliphatic heterocycles. The van der Waals surface area contributed by atoms with E-state index in [0.717, 1.165) is 12.1 Å². The molecule has 10 heteroatoms. The van der Waals surface area contributed by atoms with Gasteiger partial charge < -0.3 is 9.84 Å². The van der Waals surface area contributed by atoms with Crippen LogP contribution >= 0.6 is 23.2 Å². The molecular weight excluding hydrogens is 397 g/mol. The Morgan fingerprint density at radius 3 is 1.64 bits per heavy atom. The summed E-state index contributed by atoms with van der Waals surface area (Å²) in [4.78, 5) is 0. The Hall–Kier alpha value is -1.80. The molecule has 2 nitrogen and oxygen atoms in total. The van der Waals surface area contributed by atoms with Crippen LogP contribution in [0.25, 0.3) is 0 Å². The molecule has 0 aliphatic carbocycles. The molecule has 0 amide bonds. The molecule has 0 saturated heterocycles. The Balaban J connectivity index is 2.37. The molecule has 0 atom stereocenters. The minimum Gasteiger partial charge on any atom is -0.508 e. The first-order valence-corrected chi connectivity index (χ1v) is 7.22. The van der Waals surface area contributed by atoms with Crippen LogP contribution in [0.4, 0.5) is 26.3 Å². The van der Waals surface area contributed by atoms with Crippen LogP contribution in [-0.4, -0.2) is 5.11 Å². The number of halogens is 8. The highest BCUT2D eigenvalue weighted by Crippen LogP contribution is 2.39. The minimum absolute atomic E-state index is 0.0179. The summed E-state index contributed by atoms with van der Waals surface area (Å²) < 4.78 is 81.9. The molecule has 2 rings (SSSR count). The Morgan fingerprint density at radius 1 is 0.800 bits per heavy atom. The van der Waals surface area contributed by atoms with Crippen LogP contribution in [0.3, 0.4) is 0 Å². The van der Waals surface area contributed by atoms with Gasteiger partial charge in [-0.25, -0.2) is 0 Å². The first kappa shape index (κ1) is 19.5. The van der Waals surface area contributed by atoms with Crippen molar-refractivity contribution in [2.45, 2.75) is 19.0 Å². The maximum atomic E-state index is 12.8. The van der Waals surface area contributed by atoms with Gasteiger partial charge in [0.05, 0.1) is 21.2 Å². The number of ether oxygens (including phenoxy) is 1. The number of hydrogen-bond acceptors (Lipinski definition) is 2. The minimum atomic E-state index is -4.95. The van der Waals surface area contributed by atoms with Crippen LogP contribution in [0.15, 0.2) is 30.3 Å². The van der Waals surface area contributed by atoms with Crippen molar-refractivity contribution in [1.29, 1.82) is 0 Å². The molecule has 0 aliphatic rings. The van der Waals surface area contributed by atoms with Gasteiger partial charge in [0.25, 0.3) is 0 Å². The second-order valence-electron chi connectivity index (χ2n) is 4.94. The van der Waals surface area contributed by atoms with Gasteiger partial charge in [0.2, 0.25) is 0 Å². The fourth-order valence-electron chi connectivity index (χ4n) is 1.94. The zero-order chi connectivity index (χ0) is 19.0. The molecule has 2 aromatic rings. The average Bonchev–Trinajstić information content (AvgIpc) is 2.44. The molecule has 0 saturated carbocycles. The number of hydrogen-bond donors (Lipinski definition) is 1. The molecule has 1 N–H and O–H groups in total. The SMILES string of the molecule is Oc1cc(Cl)c(OCc2cc(C(F)(F)F)cc(C(F)(F)F)c2)c(Cl)c1. The molecule has 0 heterocycles. The smallest absolute Gasteiger partial charge is 0.416 e. The van der Waals surface area contributed by atoms with Crippen LogP contribution in [-0.2, 0) is 19.0 Å². The van der Waals surface area contributed by atoms with Gasteiger partial charge in [0.15, 0.2) is 5.75 Å². The summed E-state index contributed by atoms with van der Waals surface area (Å²) in [5.41, 5.74) is -3.28. The van der Waals surface area contributed by atoms with E-state index in [1.54, 1.807) is 0 Å². The molecule has 0 bridgehead atoms. The van der Waals surface area contributed by atoms with Crippen molar-refractivity contribution in [3.05, 3.63) is 57.1 Å². The van der Waals surface area contributed by atoms with Crippen LogP contribution in [0.1, 0.15) is 16.7 Å². The predicted octanol–water partition coefficient (Wildman–Crippen LogP) is 6.32. The second-order valence-corrected chi connectivity index (χ2v) is 5.76. The van der Waals surface area contributed by atoms with E-state index in [0.29, 0.717) is 12.1 Å². The topological polar surface area (TPSA) is 29.5 Å². The van der Waals surface area contributed by atoms with Crippen LogP contribution in [0.2, 0.25) is 10.0 Å². The molecule has 0 aromatic heterocycles. The van der Waals surface area contributed by atoms with E-state index in [4.69, 9.17) is 27.9 Å². The van der Waals surface area contributed by atoms with Gasteiger partial charge in [-0.1, -0.05) is 23.2 Å². The summed E-state index contributed by atoms with van der Waals surface area (Å²) in [7, 11) is 0. The van der Waals surface area contributed by atoms with E-state index in [1.807, 2.05) is 0 Å². The van der Waals surface area contributed by atoms with E-state index in [9.17, 15) is 31.4 Å². The molecule has 0 unspecified atom stereocenters. The lowest BCUT2D eigenvalue weighted by Crippen LogP contribution is -2.12. The molecule has 0 fully saturated rings. The van der Waals surface area contributed by atoms with Crippen molar-refractivity contribution in [1.82, 2.24) is 0 Å². The zero-order valence-electron chi connectivity index (χ0n) is 12.0. The summed E-state index contributed by atoms with van der Waals surface area (Å²) in [6, 6.07) is 3.23. The monoisotopic (exact) mass is 404 g/mol. The maximum absolute atomic E-state index is 12.8. The van der Waals surface area contributed by atoms with Crippen LogP contribution < -0.4 is 4.74 Å². The van der Waals surface area contributed by atoms with E-state index in [-0.39, 0.29) is 33.2 Å². The van der Waals surface area contributed by atoms with Gasteiger partial charge >= 0.3 is 12.4 Å². The first-order chi connectivity index (χ1) is 11.4. The van der Waals surface area contributed by atoms with Crippen molar-refractivity contribution in [2.24, 2.45) is 0 Å². The average molecular weight is 405 g/mol. The summed E-state index contributed by atoms with van der Waals surface area (Å²) in [5.74, 6) is -0.451. The number of phenolic OH excluding ortho intramolecular Hbond substituents is 1. The van der Waals surface area contributed by atoms with Gasteiger partial charge in [-0.05, 0) is 23.8 Å². The quantitative estimate of drug-likeness (QED) is 0.606.